The van der Waals surface area contributed by atoms with Gasteiger partial charge in [0.2, 0.25) is 0 Å². The Morgan fingerprint density at radius 1 is 1.50 bits per heavy atom. The number of fused-ring (bicyclic) bond motifs is 1. The molecular weight excluding hydrogens is 200 g/mol. The van der Waals surface area contributed by atoms with Crippen LogP contribution in [0.2, 0.25) is 5.15 Å². The molecule has 74 valence electrons. The first-order valence-corrected chi connectivity index (χ1v) is 4.96. The van der Waals surface area contributed by atoms with Crippen molar-refractivity contribution in [3.8, 4) is 0 Å². The van der Waals surface area contributed by atoms with E-state index in [2.05, 4.69) is 22.0 Å². The van der Waals surface area contributed by atoms with E-state index in [0.29, 0.717) is 10.9 Å². The number of hydrogen-bond acceptors (Lipinski definition) is 3. The average Bonchev–Trinajstić information content (AvgIpc) is 2.60. The van der Waals surface area contributed by atoms with Gasteiger partial charge in [-0.3, -0.25) is 0 Å². The van der Waals surface area contributed by atoms with Crippen LogP contribution in [0.4, 0.5) is 0 Å². The fourth-order valence-electron chi connectivity index (χ4n) is 1.48. The first-order valence-electron chi connectivity index (χ1n) is 4.58. The maximum absolute atomic E-state index is 6.19. The minimum Gasteiger partial charge on any atom is -0.216 e. The van der Waals surface area contributed by atoms with Gasteiger partial charge in [0.1, 0.15) is 11.5 Å². The monoisotopic (exact) mass is 210 g/mol. The summed E-state index contributed by atoms with van der Waals surface area (Å²) in [5, 5.41) is 4.64. The lowest BCUT2D eigenvalue weighted by molar-refractivity contribution is 0.849. The molecule has 0 atom stereocenters. The lowest BCUT2D eigenvalue weighted by Crippen LogP contribution is -2.02. The molecule has 0 amide bonds. The molecule has 2 rings (SSSR count). The highest BCUT2D eigenvalue weighted by Gasteiger charge is 2.10. The normalized spacial score (nSPS) is 11.1. The first kappa shape index (κ1) is 9.40. The van der Waals surface area contributed by atoms with Crippen molar-refractivity contribution in [2.24, 2.45) is 0 Å². The van der Waals surface area contributed by atoms with Crippen molar-refractivity contribution in [3.05, 3.63) is 22.7 Å². The summed E-state index contributed by atoms with van der Waals surface area (Å²) in [6, 6.07) is 0. The SMILES string of the molecule is CCCc1c(C)nc2ncnn2c1Cl. The molecule has 0 aliphatic rings. The smallest absolute Gasteiger partial charge is 0.216 e. The minimum absolute atomic E-state index is 0.562. The van der Waals surface area contributed by atoms with Gasteiger partial charge >= 0.3 is 0 Å². The molecule has 0 saturated heterocycles. The standard InChI is InChI=1S/C9H11ClN4/c1-3-4-7-6(2)13-9-11-5-12-14(9)8(7)10/h5H,3-4H2,1-2H3. The Hall–Kier alpha value is -1.16. The third-order valence-corrected chi connectivity index (χ3v) is 2.56. The molecule has 2 aromatic rings. The van der Waals surface area contributed by atoms with E-state index < -0.39 is 0 Å². The van der Waals surface area contributed by atoms with E-state index in [1.54, 1.807) is 4.52 Å². The van der Waals surface area contributed by atoms with Crippen LogP contribution >= 0.6 is 11.6 Å². The molecule has 0 aromatic carbocycles. The fraction of sp³-hybridized carbons (Fsp3) is 0.444. The summed E-state index contributed by atoms with van der Waals surface area (Å²) in [7, 11) is 0. The molecule has 2 heterocycles. The lowest BCUT2D eigenvalue weighted by atomic mass is 10.1. The molecule has 4 nitrogen and oxygen atoms in total. The number of rotatable bonds is 2. The van der Waals surface area contributed by atoms with Crippen molar-refractivity contribution in [2.45, 2.75) is 26.7 Å². The summed E-state index contributed by atoms with van der Waals surface area (Å²) in [5.74, 6) is 0.562. The molecule has 0 radical (unpaired) electrons. The van der Waals surface area contributed by atoms with Gasteiger partial charge in [-0.25, -0.2) is 4.98 Å². The second-order valence-electron chi connectivity index (χ2n) is 3.19. The van der Waals surface area contributed by atoms with Crippen molar-refractivity contribution in [1.29, 1.82) is 0 Å². The largest absolute Gasteiger partial charge is 0.253 e. The first-order chi connectivity index (χ1) is 6.74. The van der Waals surface area contributed by atoms with Crippen LogP contribution < -0.4 is 0 Å². The predicted octanol–water partition coefficient (Wildman–Crippen LogP) is 2.04. The molecule has 14 heavy (non-hydrogen) atoms. The third-order valence-electron chi connectivity index (χ3n) is 2.17. The quantitative estimate of drug-likeness (QED) is 0.713. The Bertz CT molecular complexity index is 463. The van der Waals surface area contributed by atoms with Crippen LogP contribution in [-0.4, -0.2) is 19.6 Å². The second-order valence-corrected chi connectivity index (χ2v) is 3.55. The van der Waals surface area contributed by atoms with Gasteiger partial charge in [-0.2, -0.15) is 14.6 Å². The highest BCUT2D eigenvalue weighted by Crippen LogP contribution is 2.20. The fourth-order valence-corrected chi connectivity index (χ4v) is 1.83. The van der Waals surface area contributed by atoms with Gasteiger partial charge in [0.25, 0.3) is 5.78 Å². The number of hydrogen-bond donors (Lipinski definition) is 0. The topological polar surface area (TPSA) is 43.1 Å². The number of aromatic nitrogens is 4. The predicted molar refractivity (Wildman–Crippen MR) is 54.5 cm³/mol. The van der Waals surface area contributed by atoms with Gasteiger partial charge in [-0.05, 0) is 13.3 Å². The third kappa shape index (κ3) is 1.35. The molecule has 0 N–H and O–H groups in total. The molecule has 0 fully saturated rings. The van der Waals surface area contributed by atoms with Gasteiger partial charge in [-0.1, -0.05) is 24.9 Å². The average molecular weight is 211 g/mol. The van der Waals surface area contributed by atoms with E-state index in [1.807, 2.05) is 6.92 Å². The summed E-state index contributed by atoms with van der Waals surface area (Å²) in [4.78, 5) is 8.32. The summed E-state index contributed by atoms with van der Waals surface area (Å²) < 4.78 is 1.57. The Kier molecular flexibility index (Phi) is 2.37. The second kappa shape index (κ2) is 3.53. The van der Waals surface area contributed by atoms with Crippen LogP contribution in [0.25, 0.3) is 5.78 Å². The summed E-state index contributed by atoms with van der Waals surface area (Å²) >= 11 is 6.19. The van der Waals surface area contributed by atoms with Gasteiger partial charge in [0.05, 0.1) is 0 Å². The zero-order valence-electron chi connectivity index (χ0n) is 8.16. The number of nitrogens with zero attached hydrogens (tertiary/aromatic N) is 4. The van der Waals surface area contributed by atoms with Crippen LogP contribution in [0, 0.1) is 6.92 Å². The van der Waals surface area contributed by atoms with Crippen molar-refractivity contribution < 1.29 is 0 Å². The van der Waals surface area contributed by atoms with E-state index in [-0.39, 0.29) is 0 Å². The highest BCUT2D eigenvalue weighted by molar-refractivity contribution is 6.30. The maximum Gasteiger partial charge on any atom is 0.253 e. The lowest BCUT2D eigenvalue weighted by Gasteiger charge is -2.06. The maximum atomic E-state index is 6.19. The molecule has 0 saturated carbocycles. The van der Waals surface area contributed by atoms with Crippen molar-refractivity contribution in [3.63, 3.8) is 0 Å². The molecular formula is C9H11ClN4. The molecule has 0 spiro atoms. The van der Waals surface area contributed by atoms with E-state index in [1.165, 1.54) is 6.33 Å². The zero-order valence-corrected chi connectivity index (χ0v) is 8.91. The van der Waals surface area contributed by atoms with E-state index in [4.69, 9.17) is 11.6 Å². The Morgan fingerprint density at radius 2 is 2.29 bits per heavy atom. The molecule has 2 aromatic heterocycles. The van der Waals surface area contributed by atoms with Gasteiger partial charge in [0, 0.05) is 11.3 Å². The highest BCUT2D eigenvalue weighted by atomic mass is 35.5. The van der Waals surface area contributed by atoms with Crippen molar-refractivity contribution in [1.82, 2.24) is 19.6 Å². The molecule has 5 heteroatoms. The van der Waals surface area contributed by atoms with Crippen LogP contribution in [0.15, 0.2) is 6.33 Å². The molecule has 0 unspecified atom stereocenters. The van der Waals surface area contributed by atoms with Crippen LogP contribution in [0.5, 0.6) is 0 Å². The Morgan fingerprint density at radius 3 is 3.00 bits per heavy atom. The van der Waals surface area contributed by atoms with Crippen LogP contribution in [-0.2, 0) is 6.42 Å². The van der Waals surface area contributed by atoms with E-state index >= 15 is 0 Å². The van der Waals surface area contributed by atoms with Gasteiger partial charge in [0.15, 0.2) is 0 Å². The molecule has 0 aliphatic heterocycles. The van der Waals surface area contributed by atoms with Gasteiger partial charge < -0.3 is 0 Å². The molecule has 0 aliphatic carbocycles. The van der Waals surface area contributed by atoms with E-state index in [9.17, 15) is 0 Å². The Balaban J connectivity index is 2.69. The van der Waals surface area contributed by atoms with Crippen molar-refractivity contribution >= 4 is 17.4 Å². The van der Waals surface area contributed by atoms with Crippen LogP contribution in [0.3, 0.4) is 0 Å². The van der Waals surface area contributed by atoms with Crippen LogP contribution in [0.1, 0.15) is 24.6 Å². The summed E-state index contributed by atoms with van der Waals surface area (Å²) in [5.41, 5.74) is 2.00. The van der Waals surface area contributed by atoms with E-state index in [0.717, 1.165) is 24.1 Å². The summed E-state index contributed by atoms with van der Waals surface area (Å²) in [6.07, 6.45) is 3.43. The summed E-state index contributed by atoms with van der Waals surface area (Å²) in [6.45, 7) is 4.06. The van der Waals surface area contributed by atoms with Gasteiger partial charge in [-0.15, -0.1) is 0 Å². The number of aryl methyl sites for hydroxylation is 1. The minimum atomic E-state index is 0.562. The molecule has 0 bridgehead atoms. The number of halogens is 1. The van der Waals surface area contributed by atoms with Crippen molar-refractivity contribution in [2.75, 3.05) is 0 Å². The Labute approximate surface area is 86.9 Å². The zero-order chi connectivity index (χ0) is 10.1.